The molecule has 1 aromatic carbocycles. The van der Waals surface area contributed by atoms with Crippen molar-refractivity contribution in [2.45, 2.75) is 39.3 Å². The summed E-state index contributed by atoms with van der Waals surface area (Å²) in [4.78, 5) is 0. The largest absolute Gasteiger partial charge is 0.381 e. The van der Waals surface area contributed by atoms with Crippen molar-refractivity contribution in [3.63, 3.8) is 0 Å². The number of hydrogen-bond donors (Lipinski definition) is 1. The lowest BCUT2D eigenvalue weighted by Gasteiger charge is -2.20. The molecule has 0 amide bonds. The second-order valence-corrected chi connectivity index (χ2v) is 7.61. The minimum Gasteiger partial charge on any atom is -0.381 e. The lowest BCUT2D eigenvalue weighted by molar-refractivity contribution is 0.136. The Morgan fingerprint density at radius 1 is 1.45 bits per heavy atom. The molecule has 4 nitrogen and oxygen atoms in total. The molecule has 5 heteroatoms. The summed E-state index contributed by atoms with van der Waals surface area (Å²) in [5.74, 6) is 0.271. The third-order valence-electron chi connectivity index (χ3n) is 3.91. The van der Waals surface area contributed by atoms with Gasteiger partial charge in [0.1, 0.15) is 0 Å². The fourth-order valence-corrected chi connectivity index (χ4v) is 4.36. The summed E-state index contributed by atoms with van der Waals surface area (Å²) in [6.07, 6.45) is 0.615. The van der Waals surface area contributed by atoms with Crippen molar-refractivity contribution in [2.75, 3.05) is 12.9 Å². The average Bonchev–Trinajstić information content (AvgIpc) is 2.65. The van der Waals surface area contributed by atoms with Crippen molar-refractivity contribution >= 4 is 10.0 Å². The van der Waals surface area contributed by atoms with Crippen LogP contribution in [0.2, 0.25) is 0 Å². The molecule has 0 bridgehead atoms. The SMILES string of the molecule is CO[C@H](C)CS(=O)(=O)N[C@@H]1c2cc(C)ccc2C[C@H]1C. The Labute approximate surface area is 121 Å². The Morgan fingerprint density at radius 3 is 2.80 bits per heavy atom. The first kappa shape index (κ1) is 15.5. The molecular formula is C15H23NO3S. The van der Waals surface area contributed by atoms with E-state index in [0.29, 0.717) is 0 Å². The number of hydrogen-bond acceptors (Lipinski definition) is 3. The predicted molar refractivity (Wildman–Crippen MR) is 80.2 cm³/mol. The van der Waals surface area contributed by atoms with Gasteiger partial charge < -0.3 is 4.74 Å². The van der Waals surface area contributed by atoms with Gasteiger partial charge >= 0.3 is 0 Å². The van der Waals surface area contributed by atoms with Crippen LogP contribution >= 0.6 is 0 Å². The van der Waals surface area contributed by atoms with Crippen LogP contribution in [0.5, 0.6) is 0 Å². The molecule has 0 spiro atoms. The zero-order valence-electron chi connectivity index (χ0n) is 12.5. The van der Waals surface area contributed by atoms with Crippen molar-refractivity contribution < 1.29 is 13.2 Å². The van der Waals surface area contributed by atoms with Gasteiger partial charge in [0.25, 0.3) is 0 Å². The molecule has 0 fully saturated rings. The van der Waals surface area contributed by atoms with Crippen molar-refractivity contribution in [1.29, 1.82) is 0 Å². The van der Waals surface area contributed by atoms with Crippen molar-refractivity contribution in [3.05, 3.63) is 34.9 Å². The first-order chi connectivity index (χ1) is 9.32. The van der Waals surface area contributed by atoms with Gasteiger partial charge in [-0.1, -0.05) is 30.7 Å². The van der Waals surface area contributed by atoms with E-state index in [0.717, 1.165) is 17.5 Å². The molecule has 0 radical (unpaired) electrons. The monoisotopic (exact) mass is 297 g/mol. The van der Waals surface area contributed by atoms with Crippen LogP contribution in [-0.4, -0.2) is 27.4 Å². The smallest absolute Gasteiger partial charge is 0.214 e. The molecule has 0 aliphatic heterocycles. The second kappa shape index (κ2) is 5.84. The van der Waals surface area contributed by atoms with Gasteiger partial charge in [0.05, 0.1) is 11.9 Å². The Morgan fingerprint density at radius 2 is 2.15 bits per heavy atom. The van der Waals surface area contributed by atoms with Crippen LogP contribution in [0.3, 0.4) is 0 Å². The third-order valence-corrected chi connectivity index (χ3v) is 5.43. The van der Waals surface area contributed by atoms with Gasteiger partial charge in [0.2, 0.25) is 10.0 Å². The molecule has 0 heterocycles. The van der Waals surface area contributed by atoms with Crippen LogP contribution in [0.4, 0.5) is 0 Å². The van der Waals surface area contributed by atoms with Gasteiger partial charge in [0.15, 0.2) is 0 Å². The number of rotatable bonds is 5. The first-order valence-corrected chi connectivity index (χ1v) is 8.60. The number of benzene rings is 1. The summed E-state index contributed by atoms with van der Waals surface area (Å²) in [7, 11) is -1.81. The molecule has 0 aromatic heterocycles. The van der Waals surface area contributed by atoms with E-state index in [9.17, 15) is 8.42 Å². The maximum absolute atomic E-state index is 12.2. The number of fused-ring (bicyclic) bond motifs is 1. The molecule has 3 atom stereocenters. The Bertz CT molecular complexity index is 583. The van der Waals surface area contributed by atoms with E-state index in [2.05, 4.69) is 29.8 Å². The van der Waals surface area contributed by atoms with Crippen LogP contribution in [0.15, 0.2) is 18.2 Å². The van der Waals surface area contributed by atoms with Gasteiger partial charge in [-0.2, -0.15) is 0 Å². The lowest BCUT2D eigenvalue weighted by atomic mass is 10.0. The quantitative estimate of drug-likeness (QED) is 0.906. The Kier molecular flexibility index (Phi) is 4.52. The molecule has 0 saturated carbocycles. The van der Waals surface area contributed by atoms with Crippen LogP contribution in [0, 0.1) is 12.8 Å². The molecule has 1 N–H and O–H groups in total. The highest BCUT2D eigenvalue weighted by molar-refractivity contribution is 7.89. The maximum Gasteiger partial charge on any atom is 0.214 e. The van der Waals surface area contributed by atoms with E-state index in [4.69, 9.17) is 4.74 Å². The Hall–Kier alpha value is -0.910. The molecule has 2 rings (SSSR count). The summed E-state index contributed by atoms with van der Waals surface area (Å²) in [6.45, 7) is 5.87. The average molecular weight is 297 g/mol. The van der Waals surface area contributed by atoms with Gasteiger partial charge in [-0.15, -0.1) is 0 Å². The topological polar surface area (TPSA) is 55.4 Å². The van der Waals surface area contributed by atoms with Crippen LogP contribution in [-0.2, 0) is 21.2 Å². The van der Waals surface area contributed by atoms with Gasteiger partial charge in [-0.05, 0) is 37.3 Å². The number of nitrogens with one attached hydrogen (secondary N) is 1. The highest BCUT2D eigenvalue weighted by Gasteiger charge is 2.32. The highest BCUT2D eigenvalue weighted by atomic mass is 32.2. The molecule has 1 aliphatic carbocycles. The van der Waals surface area contributed by atoms with E-state index >= 15 is 0 Å². The molecule has 0 unspecified atom stereocenters. The molecule has 0 saturated heterocycles. The molecule has 1 aromatic rings. The number of ether oxygens (including phenoxy) is 1. The number of aryl methyl sites for hydroxylation is 1. The molecule has 1 aliphatic rings. The summed E-state index contributed by atoms with van der Waals surface area (Å²) >= 11 is 0. The fourth-order valence-electron chi connectivity index (χ4n) is 2.76. The standard InChI is InChI=1S/C15H23NO3S/c1-10-5-6-13-8-11(2)15(14(13)7-10)16-20(17,18)9-12(3)19-4/h5-7,11-12,15-16H,8-9H2,1-4H3/t11-,12-,15+/m1/s1. The number of sulfonamides is 1. The Balaban J connectivity index is 2.20. The maximum atomic E-state index is 12.2. The molecule has 20 heavy (non-hydrogen) atoms. The van der Waals surface area contributed by atoms with Crippen molar-refractivity contribution in [1.82, 2.24) is 4.72 Å². The molecular weight excluding hydrogens is 274 g/mol. The van der Waals surface area contributed by atoms with E-state index in [1.807, 2.05) is 6.92 Å². The third kappa shape index (κ3) is 3.40. The van der Waals surface area contributed by atoms with E-state index in [1.165, 1.54) is 12.7 Å². The zero-order chi connectivity index (χ0) is 14.9. The van der Waals surface area contributed by atoms with Crippen molar-refractivity contribution in [3.8, 4) is 0 Å². The predicted octanol–water partition coefficient (Wildman–Crippen LogP) is 2.18. The van der Waals surface area contributed by atoms with Crippen LogP contribution < -0.4 is 4.72 Å². The van der Waals surface area contributed by atoms with Crippen molar-refractivity contribution in [2.24, 2.45) is 5.92 Å². The zero-order valence-corrected chi connectivity index (χ0v) is 13.3. The minimum atomic E-state index is -3.34. The second-order valence-electron chi connectivity index (χ2n) is 5.81. The summed E-state index contributed by atoms with van der Waals surface area (Å²) in [5.41, 5.74) is 3.52. The van der Waals surface area contributed by atoms with E-state index in [1.54, 1.807) is 6.92 Å². The van der Waals surface area contributed by atoms with Gasteiger partial charge in [-0.3, -0.25) is 0 Å². The van der Waals surface area contributed by atoms with Crippen LogP contribution in [0.1, 0.15) is 36.6 Å². The summed E-state index contributed by atoms with van der Waals surface area (Å²) < 4.78 is 32.3. The van der Waals surface area contributed by atoms with Gasteiger partial charge in [0, 0.05) is 13.2 Å². The normalized spacial score (nSPS) is 23.6. The van der Waals surface area contributed by atoms with Gasteiger partial charge in [-0.25, -0.2) is 13.1 Å². The van der Waals surface area contributed by atoms with E-state index < -0.39 is 10.0 Å². The first-order valence-electron chi connectivity index (χ1n) is 6.94. The highest BCUT2D eigenvalue weighted by Crippen LogP contribution is 2.36. The summed E-state index contributed by atoms with van der Waals surface area (Å²) in [6, 6.07) is 6.15. The fraction of sp³-hybridized carbons (Fsp3) is 0.600. The molecule has 112 valence electrons. The van der Waals surface area contributed by atoms with Crippen LogP contribution in [0.25, 0.3) is 0 Å². The number of methoxy groups -OCH3 is 1. The minimum absolute atomic E-state index is 0.00608. The lowest BCUT2D eigenvalue weighted by Crippen LogP contribution is -2.35. The van der Waals surface area contributed by atoms with E-state index in [-0.39, 0.29) is 23.8 Å². The summed E-state index contributed by atoms with van der Waals surface area (Å²) in [5, 5.41) is 0.